The summed E-state index contributed by atoms with van der Waals surface area (Å²) in [5.41, 5.74) is 0. The highest BCUT2D eigenvalue weighted by molar-refractivity contribution is 6.56. The van der Waals surface area contributed by atoms with Gasteiger partial charge in [0.25, 0.3) is 0 Å². The lowest BCUT2D eigenvalue weighted by Crippen LogP contribution is -2.03. The second-order valence-electron chi connectivity index (χ2n) is 2.88. The molecule has 0 spiro atoms. The molecule has 0 aromatic heterocycles. The Labute approximate surface area is 75.6 Å². The normalized spacial score (nSPS) is 33.8. The molecule has 2 rings (SSSR count). The molecule has 1 saturated heterocycles. The third kappa shape index (κ3) is 1.27. The van der Waals surface area contributed by atoms with E-state index < -0.39 is 0 Å². The molecule has 1 heterocycles. The summed E-state index contributed by atoms with van der Waals surface area (Å²) in [7, 11) is 0. The van der Waals surface area contributed by atoms with Gasteiger partial charge in [-0.25, -0.2) is 0 Å². The van der Waals surface area contributed by atoms with E-state index in [1.165, 1.54) is 0 Å². The van der Waals surface area contributed by atoms with Crippen molar-refractivity contribution in [2.75, 3.05) is 0 Å². The molecule has 1 nitrogen and oxygen atoms in total. The Bertz CT molecular complexity index is 228. The predicted molar refractivity (Wildman–Crippen MR) is 45.5 cm³/mol. The van der Waals surface area contributed by atoms with Gasteiger partial charge in [0.2, 0.25) is 0 Å². The van der Waals surface area contributed by atoms with Gasteiger partial charge in [-0.15, -0.1) is 0 Å². The fourth-order valence-electron chi connectivity index (χ4n) is 1.61. The van der Waals surface area contributed by atoms with Crippen molar-refractivity contribution in [2.45, 2.75) is 18.9 Å². The molecule has 0 radical (unpaired) electrons. The van der Waals surface area contributed by atoms with Crippen LogP contribution in [-0.4, -0.2) is 6.10 Å². The Balaban J connectivity index is 2.27. The standard InChI is InChI=1S/C8H8Cl2O/c9-8(10)7-5-2-1-3-6(4-5)11-7/h1,3,5-6H,2,4H2. The van der Waals surface area contributed by atoms with E-state index in [1.54, 1.807) is 0 Å². The van der Waals surface area contributed by atoms with Gasteiger partial charge in [-0.05, 0) is 18.9 Å². The summed E-state index contributed by atoms with van der Waals surface area (Å²) in [5.74, 6) is 1.21. The predicted octanol–water partition coefficient (Wildman–Crippen LogP) is 3.00. The lowest BCUT2D eigenvalue weighted by Gasteiger charge is -2.06. The average molecular weight is 191 g/mol. The third-order valence-electron chi connectivity index (χ3n) is 2.12. The number of halogens is 2. The van der Waals surface area contributed by atoms with Crippen molar-refractivity contribution in [3.8, 4) is 0 Å². The van der Waals surface area contributed by atoms with E-state index in [2.05, 4.69) is 12.2 Å². The minimum atomic E-state index is 0.219. The van der Waals surface area contributed by atoms with Crippen molar-refractivity contribution in [2.24, 2.45) is 5.92 Å². The molecule has 1 aliphatic heterocycles. The molecule has 0 aromatic rings. The molecular weight excluding hydrogens is 183 g/mol. The summed E-state index contributed by atoms with van der Waals surface area (Å²) >= 11 is 11.3. The zero-order chi connectivity index (χ0) is 7.84. The van der Waals surface area contributed by atoms with Crippen LogP contribution in [0.3, 0.4) is 0 Å². The van der Waals surface area contributed by atoms with Crippen LogP contribution in [0.15, 0.2) is 22.4 Å². The molecule has 1 fully saturated rings. The van der Waals surface area contributed by atoms with Gasteiger partial charge < -0.3 is 4.74 Å². The summed E-state index contributed by atoms with van der Waals surface area (Å²) < 4.78 is 5.77. The molecule has 3 heteroatoms. The molecule has 60 valence electrons. The summed E-state index contributed by atoms with van der Waals surface area (Å²) in [5, 5.41) is 0. The van der Waals surface area contributed by atoms with E-state index in [4.69, 9.17) is 27.9 Å². The molecule has 2 atom stereocenters. The van der Waals surface area contributed by atoms with Gasteiger partial charge in [-0.3, -0.25) is 0 Å². The second kappa shape index (κ2) is 2.72. The van der Waals surface area contributed by atoms with Crippen LogP contribution in [0.1, 0.15) is 12.8 Å². The van der Waals surface area contributed by atoms with E-state index in [-0.39, 0.29) is 6.10 Å². The van der Waals surface area contributed by atoms with Crippen LogP contribution in [0.4, 0.5) is 0 Å². The number of hydrogen-bond acceptors (Lipinski definition) is 1. The zero-order valence-corrected chi connectivity index (χ0v) is 7.40. The first-order valence-corrected chi connectivity index (χ1v) is 4.41. The van der Waals surface area contributed by atoms with E-state index in [0.29, 0.717) is 10.4 Å². The number of hydrogen-bond donors (Lipinski definition) is 0. The molecule has 0 amide bonds. The Hall–Kier alpha value is -0.140. The topological polar surface area (TPSA) is 9.23 Å². The van der Waals surface area contributed by atoms with Crippen LogP contribution in [0.5, 0.6) is 0 Å². The average Bonchev–Trinajstić information content (AvgIpc) is 2.27. The maximum atomic E-state index is 5.64. The summed E-state index contributed by atoms with van der Waals surface area (Å²) in [4.78, 5) is 0. The number of fused-ring (bicyclic) bond motifs is 2. The Morgan fingerprint density at radius 2 is 2.36 bits per heavy atom. The SMILES string of the molecule is ClC(Cl)=C1OC2C=CCC1C2. The smallest absolute Gasteiger partial charge is 0.144 e. The first kappa shape index (κ1) is 7.51. The largest absolute Gasteiger partial charge is 0.488 e. The van der Waals surface area contributed by atoms with Crippen molar-refractivity contribution < 1.29 is 4.74 Å². The quantitative estimate of drug-likeness (QED) is 0.534. The van der Waals surface area contributed by atoms with Crippen LogP contribution in [0.2, 0.25) is 0 Å². The second-order valence-corrected chi connectivity index (χ2v) is 3.83. The first-order chi connectivity index (χ1) is 5.27. The van der Waals surface area contributed by atoms with Crippen LogP contribution in [0, 0.1) is 5.92 Å². The van der Waals surface area contributed by atoms with Crippen LogP contribution in [0.25, 0.3) is 0 Å². The molecule has 2 bridgehead atoms. The van der Waals surface area contributed by atoms with Crippen molar-refractivity contribution in [1.29, 1.82) is 0 Å². The molecule has 2 aliphatic rings. The lowest BCUT2D eigenvalue weighted by atomic mass is 9.95. The summed E-state index contributed by atoms with van der Waals surface area (Å²) in [6.07, 6.45) is 6.46. The fraction of sp³-hybridized carbons (Fsp3) is 0.500. The highest BCUT2D eigenvalue weighted by Crippen LogP contribution is 2.40. The molecule has 0 aromatic carbocycles. The first-order valence-electron chi connectivity index (χ1n) is 3.66. The Morgan fingerprint density at radius 3 is 3.00 bits per heavy atom. The number of rotatable bonds is 0. The molecule has 0 saturated carbocycles. The molecule has 1 aliphatic carbocycles. The maximum absolute atomic E-state index is 5.64. The highest BCUT2D eigenvalue weighted by atomic mass is 35.5. The van der Waals surface area contributed by atoms with Gasteiger partial charge in [0.1, 0.15) is 16.4 Å². The third-order valence-corrected chi connectivity index (χ3v) is 2.50. The van der Waals surface area contributed by atoms with Crippen molar-refractivity contribution >= 4 is 23.2 Å². The van der Waals surface area contributed by atoms with Crippen molar-refractivity contribution in [1.82, 2.24) is 0 Å². The maximum Gasteiger partial charge on any atom is 0.144 e. The highest BCUT2D eigenvalue weighted by Gasteiger charge is 2.33. The number of ether oxygens (including phenoxy) is 1. The van der Waals surface area contributed by atoms with Gasteiger partial charge in [-0.1, -0.05) is 29.3 Å². The molecular formula is C8H8Cl2O. The summed E-state index contributed by atoms with van der Waals surface area (Å²) in [6.45, 7) is 0. The fourth-order valence-corrected chi connectivity index (χ4v) is 2.01. The Morgan fingerprint density at radius 1 is 1.55 bits per heavy atom. The van der Waals surface area contributed by atoms with Gasteiger partial charge in [0, 0.05) is 5.92 Å². The number of allylic oxidation sites excluding steroid dienone is 2. The van der Waals surface area contributed by atoms with Crippen LogP contribution in [-0.2, 0) is 4.74 Å². The minimum Gasteiger partial charge on any atom is -0.488 e. The van der Waals surface area contributed by atoms with Crippen molar-refractivity contribution in [3.63, 3.8) is 0 Å². The summed E-state index contributed by atoms with van der Waals surface area (Å²) in [6, 6.07) is 0. The van der Waals surface area contributed by atoms with E-state index in [0.717, 1.165) is 18.6 Å². The van der Waals surface area contributed by atoms with Gasteiger partial charge >= 0.3 is 0 Å². The monoisotopic (exact) mass is 190 g/mol. The Kier molecular flexibility index (Phi) is 1.86. The molecule has 2 unspecified atom stereocenters. The van der Waals surface area contributed by atoms with Crippen molar-refractivity contribution in [3.05, 3.63) is 22.4 Å². The molecule has 0 N–H and O–H groups in total. The molecule has 11 heavy (non-hydrogen) atoms. The van der Waals surface area contributed by atoms with E-state index in [9.17, 15) is 0 Å². The lowest BCUT2D eigenvalue weighted by molar-refractivity contribution is 0.201. The minimum absolute atomic E-state index is 0.219. The van der Waals surface area contributed by atoms with Crippen LogP contribution >= 0.6 is 23.2 Å². The van der Waals surface area contributed by atoms with Gasteiger partial charge in [0.15, 0.2) is 0 Å². The van der Waals surface area contributed by atoms with Gasteiger partial charge in [0.05, 0.1) is 0 Å². The van der Waals surface area contributed by atoms with Gasteiger partial charge in [-0.2, -0.15) is 0 Å². The van der Waals surface area contributed by atoms with E-state index >= 15 is 0 Å². The van der Waals surface area contributed by atoms with E-state index in [1.807, 2.05) is 0 Å². The van der Waals surface area contributed by atoms with Crippen LogP contribution < -0.4 is 0 Å². The zero-order valence-electron chi connectivity index (χ0n) is 5.89.